The second-order valence-corrected chi connectivity index (χ2v) is 5.40. The molecule has 0 radical (unpaired) electrons. The Morgan fingerprint density at radius 3 is 2.74 bits per heavy atom. The molecule has 1 heterocycles. The van der Waals surface area contributed by atoms with Gasteiger partial charge in [-0.2, -0.15) is 0 Å². The molecule has 1 atom stereocenters. The number of rotatable bonds is 7. The number of nitrogens with one attached hydrogen (secondary N) is 1. The molecule has 1 N–H and O–H groups in total. The van der Waals surface area contributed by atoms with Crippen LogP contribution in [0.3, 0.4) is 0 Å². The molecule has 1 amide bonds. The van der Waals surface area contributed by atoms with Crippen LogP contribution in [0.25, 0.3) is 0 Å². The Morgan fingerprint density at radius 2 is 2.09 bits per heavy atom. The van der Waals surface area contributed by atoms with E-state index in [9.17, 15) is 13.6 Å². The molecule has 23 heavy (non-hydrogen) atoms. The number of hydrogen-bond donors (Lipinski definition) is 1. The number of aromatic nitrogens is 1. The van der Waals surface area contributed by atoms with Crippen LogP contribution < -0.4 is 5.32 Å². The summed E-state index contributed by atoms with van der Waals surface area (Å²) >= 11 is 0. The van der Waals surface area contributed by atoms with Crippen LogP contribution in [-0.4, -0.2) is 10.9 Å². The molecule has 2 rings (SSSR count). The number of nitrogens with zero attached hydrogens (tertiary/aromatic N) is 1. The van der Waals surface area contributed by atoms with E-state index in [1.165, 1.54) is 12.1 Å². The molecule has 0 aliphatic rings. The summed E-state index contributed by atoms with van der Waals surface area (Å²) < 4.78 is 27.0. The van der Waals surface area contributed by atoms with Gasteiger partial charge in [0.25, 0.3) is 0 Å². The Morgan fingerprint density at radius 1 is 1.26 bits per heavy atom. The summed E-state index contributed by atoms with van der Waals surface area (Å²) in [4.78, 5) is 16.3. The minimum absolute atomic E-state index is 0.169. The van der Waals surface area contributed by atoms with E-state index in [1.54, 1.807) is 6.20 Å². The molecular weight excluding hydrogens is 298 g/mol. The van der Waals surface area contributed by atoms with Gasteiger partial charge in [0.1, 0.15) is 11.6 Å². The summed E-state index contributed by atoms with van der Waals surface area (Å²) in [6.45, 7) is 1.95. The summed E-state index contributed by atoms with van der Waals surface area (Å²) in [6.07, 6.45) is 3.86. The maximum Gasteiger partial charge on any atom is 0.220 e. The zero-order valence-corrected chi connectivity index (χ0v) is 13.1. The maximum absolute atomic E-state index is 13.9. The Hall–Kier alpha value is -2.30. The number of halogens is 2. The molecule has 122 valence electrons. The van der Waals surface area contributed by atoms with Crippen LogP contribution in [0.1, 0.15) is 43.5 Å². The fourth-order valence-corrected chi connectivity index (χ4v) is 2.43. The summed E-state index contributed by atoms with van der Waals surface area (Å²) in [5.74, 6) is -1.42. The van der Waals surface area contributed by atoms with E-state index in [1.807, 2.05) is 25.1 Å². The lowest BCUT2D eigenvalue weighted by Crippen LogP contribution is -2.29. The highest BCUT2D eigenvalue weighted by atomic mass is 19.1. The van der Waals surface area contributed by atoms with Crippen LogP contribution in [-0.2, 0) is 11.2 Å². The minimum Gasteiger partial charge on any atom is -0.349 e. The van der Waals surface area contributed by atoms with E-state index < -0.39 is 17.7 Å². The van der Waals surface area contributed by atoms with Crippen molar-refractivity contribution in [2.45, 2.75) is 38.6 Å². The Bertz CT molecular complexity index is 647. The number of carbonyl (C=O) groups is 1. The molecule has 1 aromatic carbocycles. The quantitative estimate of drug-likeness (QED) is 0.840. The van der Waals surface area contributed by atoms with Gasteiger partial charge < -0.3 is 5.32 Å². The van der Waals surface area contributed by atoms with Crippen molar-refractivity contribution >= 4 is 5.91 Å². The zero-order chi connectivity index (χ0) is 16.7. The van der Waals surface area contributed by atoms with Crippen LogP contribution in [0.2, 0.25) is 0 Å². The topological polar surface area (TPSA) is 42.0 Å². The van der Waals surface area contributed by atoms with Crippen molar-refractivity contribution in [3.63, 3.8) is 0 Å². The molecule has 2 aromatic rings. The third-order valence-electron chi connectivity index (χ3n) is 3.58. The van der Waals surface area contributed by atoms with Gasteiger partial charge in [-0.3, -0.25) is 9.78 Å². The van der Waals surface area contributed by atoms with E-state index in [-0.39, 0.29) is 12.3 Å². The predicted octanol–water partition coefficient (Wildman–Crippen LogP) is 3.95. The third kappa shape index (κ3) is 5.13. The second-order valence-electron chi connectivity index (χ2n) is 5.40. The SMILES string of the molecule is CCC[C@H](NC(=O)CCc1ccccn1)c1ccc(F)cc1F. The van der Waals surface area contributed by atoms with Crippen molar-refractivity contribution in [3.05, 3.63) is 65.5 Å². The molecule has 5 heteroatoms. The van der Waals surface area contributed by atoms with Crippen molar-refractivity contribution in [3.8, 4) is 0 Å². The summed E-state index contributed by atoms with van der Waals surface area (Å²) in [5, 5.41) is 2.84. The average Bonchev–Trinajstić information content (AvgIpc) is 2.54. The smallest absolute Gasteiger partial charge is 0.220 e. The minimum atomic E-state index is -0.631. The highest BCUT2D eigenvalue weighted by Gasteiger charge is 2.18. The molecule has 0 spiro atoms. The van der Waals surface area contributed by atoms with Gasteiger partial charge in [0.2, 0.25) is 5.91 Å². The van der Waals surface area contributed by atoms with Gasteiger partial charge >= 0.3 is 0 Å². The second kappa shape index (κ2) is 8.36. The van der Waals surface area contributed by atoms with Crippen LogP contribution in [0.5, 0.6) is 0 Å². The van der Waals surface area contributed by atoms with E-state index >= 15 is 0 Å². The van der Waals surface area contributed by atoms with Gasteiger partial charge in [0, 0.05) is 29.9 Å². The molecule has 0 bridgehead atoms. The van der Waals surface area contributed by atoms with E-state index in [0.29, 0.717) is 18.4 Å². The first-order valence-corrected chi connectivity index (χ1v) is 7.74. The fourth-order valence-electron chi connectivity index (χ4n) is 2.43. The van der Waals surface area contributed by atoms with Gasteiger partial charge in [0.05, 0.1) is 6.04 Å². The number of benzene rings is 1. The first-order valence-electron chi connectivity index (χ1n) is 7.74. The molecule has 3 nitrogen and oxygen atoms in total. The van der Waals surface area contributed by atoms with Crippen molar-refractivity contribution in [2.75, 3.05) is 0 Å². The first kappa shape index (κ1) is 17.1. The lowest BCUT2D eigenvalue weighted by molar-refractivity contribution is -0.121. The Labute approximate surface area is 134 Å². The number of hydrogen-bond acceptors (Lipinski definition) is 2. The van der Waals surface area contributed by atoms with Gasteiger partial charge in [-0.05, 0) is 31.0 Å². The van der Waals surface area contributed by atoms with E-state index in [4.69, 9.17) is 0 Å². The summed E-state index contributed by atoms with van der Waals surface area (Å²) in [7, 11) is 0. The Kier molecular flexibility index (Phi) is 6.20. The molecule has 1 aromatic heterocycles. The van der Waals surface area contributed by atoms with Gasteiger partial charge in [-0.1, -0.05) is 25.5 Å². The Balaban J connectivity index is 1.99. The monoisotopic (exact) mass is 318 g/mol. The van der Waals surface area contributed by atoms with Crippen LogP contribution in [0, 0.1) is 11.6 Å². The lowest BCUT2D eigenvalue weighted by atomic mass is 10.0. The molecule has 0 aliphatic heterocycles. The zero-order valence-electron chi connectivity index (χ0n) is 13.1. The van der Waals surface area contributed by atoms with Crippen molar-refractivity contribution < 1.29 is 13.6 Å². The molecule has 0 unspecified atom stereocenters. The number of aryl methyl sites for hydroxylation is 1. The highest BCUT2D eigenvalue weighted by molar-refractivity contribution is 5.76. The predicted molar refractivity (Wildman–Crippen MR) is 84.7 cm³/mol. The average molecular weight is 318 g/mol. The number of carbonyl (C=O) groups excluding carboxylic acids is 1. The molecule has 0 fully saturated rings. The van der Waals surface area contributed by atoms with Crippen molar-refractivity contribution in [2.24, 2.45) is 0 Å². The van der Waals surface area contributed by atoms with Gasteiger partial charge in [0.15, 0.2) is 0 Å². The summed E-state index contributed by atoms with van der Waals surface area (Å²) in [5.41, 5.74) is 1.15. The molecule has 0 saturated heterocycles. The van der Waals surface area contributed by atoms with Crippen LogP contribution >= 0.6 is 0 Å². The summed E-state index contributed by atoms with van der Waals surface area (Å²) in [6, 6.07) is 8.54. The standard InChI is InChI=1S/C18H20F2N2O/c1-2-5-17(15-9-7-13(19)12-16(15)20)22-18(23)10-8-14-6-3-4-11-21-14/h3-4,6-7,9,11-12,17H,2,5,8,10H2,1H3,(H,22,23)/t17-/m0/s1. The van der Waals surface area contributed by atoms with Crippen LogP contribution in [0.4, 0.5) is 8.78 Å². The van der Waals surface area contributed by atoms with Gasteiger partial charge in [-0.15, -0.1) is 0 Å². The highest BCUT2D eigenvalue weighted by Crippen LogP contribution is 2.22. The molecular formula is C18H20F2N2O. The van der Waals surface area contributed by atoms with Crippen molar-refractivity contribution in [1.82, 2.24) is 10.3 Å². The molecule has 0 saturated carbocycles. The van der Waals surface area contributed by atoms with Crippen LogP contribution in [0.15, 0.2) is 42.6 Å². The molecule has 0 aliphatic carbocycles. The fraction of sp³-hybridized carbons (Fsp3) is 0.333. The number of amides is 1. The lowest BCUT2D eigenvalue weighted by Gasteiger charge is -2.19. The normalized spacial score (nSPS) is 12.0. The first-order chi connectivity index (χ1) is 11.1. The van der Waals surface area contributed by atoms with E-state index in [2.05, 4.69) is 10.3 Å². The van der Waals surface area contributed by atoms with Crippen molar-refractivity contribution in [1.29, 1.82) is 0 Å². The van der Waals surface area contributed by atoms with E-state index in [0.717, 1.165) is 18.2 Å². The largest absolute Gasteiger partial charge is 0.349 e. The maximum atomic E-state index is 13.9. The third-order valence-corrected chi connectivity index (χ3v) is 3.58. The number of pyridine rings is 1. The van der Waals surface area contributed by atoms with Gasteiger partial charge in [-0.25, -0.2) is 8.78 Å².